The number of hydrogen-bond acceptors (Lipinski definition) is 5. The van der Waals surface area contributed by atoms with Gasteiger partial charge in [0, 0.05) is 11.1 Å². The summed E-state index contributed by atoms with van der Waals surface area (Å²) in [6.45, 7) is 7.91. The lowest BCUT2D eigenvalue weighted by molar-refractivity contribution is 0.0525. The smallest absolute Gasteiger partial charge is 0.340 e. The van der Waals surface area contributed by atoms with Gasteiger partial charge < -0.3 is 9.47 Å². The minimum Gasteiger partial charge on any atom is -0.462 e. The van der Waals surface area contributed by atoms with Gasteiger partial charge in [-0.05, 0) is 33.8 Å². The molecule has 0 unspecified atom stereocenters. The lowest BCUT2D eigenvalue weighted by Crippen LogP contribution is -2.14. The first-order valence-electron chi connectivity index (χ1n) is 9.98. The number of carbonyl (C=O) groups is 2. The molecule has 0 amide bonds. The van der Waals surface area contributed by atoms with Gasteiger partial charge in [-0.15, -0.1) is 0 Å². The zero-order valence-electron chi connectivity index (χ0n) is 17.7. The summed E-state index contributed by atoms with van der Waals surface area (Å²) >= 11 is 0. The number of carbonyl (C=O) groups excluding carboxylic acids is 2. The van der Waals surface area contributed by atoms with Crippen molar-refractivity contribution in [1.82, 2.24) is 4.98 Å². The quantitative estimate of drug-likeness (QED) is 0.517. The summed E-state index contributed by atoms with van der Waals surface area (Å²) < 4.78 is 10.5. The van der Waals surface area contributed by atoms with Crippen LogP contribution in [0.3, 0.4) is 0 Å². The van der Waals surface area contributed by atoms with E-state index < -0.39 is 11.9 Å². The first-order chi connectivity index (χ1) is 14.4. The minimum atomic E-state index is -0.526. The molecule has 0 aliphatic rings. The Bertz CT molecular complexity index is 971. The van der Waals surface area contributed by atoms with E-state index >= 15 is 0 Å². The van der Waals surface area contributed by atoms with Crippen molar-refractivity contribution in [3.8, 4) is 22.5 Å². The van der Waals surface area contributed by atoms with Gasteiger partial charge in [-0.3, -0.25) is 0 Å². The molecule has 3 rings (SSSR count). The lowest BCUT2D eigenvalue weighted by Gasteiger charge is -2.15. The van der Waals surface area contributed by atoms with Gasteiger partial charge in [0.05, 0.1) is 35.7 Å². The third-order valence-electron chi connectivity index (χ3n) is 4.66. The molecule has 0 aliphatic heterocycles. The van der Waals surface area contributed by atoms with Gasteiger partial charge in [-0.1, -0.05) is 59.7 Å². The fraction of sp³-hybridized carbons (Fsp3) is 0.240. The molecule has 5 nitrogen and oxygen atoms in total. The van der Waals surface area contributed by atoms with Gasteiger partial charge in [0.1, 0.15) is 0 Å². The SMILES string of the molecule is CCOC(=O)c1cc(C(=O)OCC)c(-c2ccc(C)cc2)nc1-c1ccc(C)cc1. The highest BCUT2D eigenvalue weighted by Crippen LogP contribution is 2.31. The molecule has 154 valence electrons. The van der Waals surface area contributed by atoms with Crippen molar-refractivity contribution in [2.24, 2.45) is 0 Å². The van der Waals surface area contributed by atoms with Crippen molar-refractivity contribution in [3.05, 3.63) is 76.9 Å². The highest BCUT2D eigenvalue weighted by atomic mass is 16.5. The van der Waals surface area contributed by atoms with E-state index in [1.54, 1.807) is 13.8 Å². The van der Waals surface area contributed by atoms with E-state index in [-0.39, 0.29) is 24.3 Å². The van der Waals surface area contributed by atoms with Crippen molar-refractivity contribution >= 4 is 11.9 Å². The van der Waals surface area contributed by atoms with Crippen LogP contribution in [-0.4, -0.2) is 30.1 Å². The molecule has 2 aromatic carbocycles. The second-order valence-electron chi connectivity index (χ2n) is 6.95. The van der Waals surface area contributed by atoms with Crippen molar-refractivity contribution in [2.45, 2.75) is 27.7 Å². The molecule has 0 saturated heterocycles. The standard InChI is InChI=1S/C25H25NO4/c1-5-29-24(27)20-15-21(25(28)30-6-2)23(19-13-9-17(4)10-14-19)26-22(20)18-11-7-16(3)8-12-18/h7-15H,5-6H2,1-4H3. The number of esters is 2. The number of hydrogen-bond donors (Lipinski definition) is 0. The van der Waals surface area contributed by atoms with Crippen LogP contribution in [0.25, 0.3) is 22.5 Å². The summed E-state index contributed by atoms with van der Waals surface area (Å²) in [6.07, 6.45) is 0. The van der Waals surface area contributed by atoms with Crippen LogP contribution in [0.4, 0.5) is 0 Å². The topological polar surface area (TPSA) is 65.5 Å². The summed E-state index contributed by atoms with van der Waals surface area (Å²) in [4.78, 5) is 30.2. The normalized spacial score (nSPS) is 10.5. The van der Waals surface area contributed by atoms with Crippen molar-refractivity contribution < 1.29 is 19.1 Å². The van der Waals surface area contributed by atoms with Crippen molar-refractivity contribution in [1.29, 1.82) is 0 Å². The molecule has 0 radical (unpaired) electrons. The van der Waals surface area contributed by atoms with Crippen LogP contribution < -0.4 is 0 Å². The fourth-order valence-corrected chi connectivity index (χ4v) is 3.11. The van der Waals surface area contributed by atoms with Gasteiger partial charge >= 0.3 is 11.9 Å². The summed E-state index contributed by atoms with van der Waals surface area (Å²) in [5, 5.41) is 0. The zero-order valence-corrected chi connectivity index (χ0v) is 17.7. The average Bonchev–Trinajstić information content (AvgIpc) is 2.74. The van der Waals surface area contributed by atoms with Crippen LogP contribution in [0.5, 0.6) is 0 Å². The summed E-state index contributed by atoms with van der Waals surface area (Å²) in [5.74, 6) is -1.05. The highest BCUT2D eigenvalue weighted by molar-refractivity contribution is 6.03. The highest BCUT2D eigenvalue weighted by Gasteiger charge is 2.24. The zero-order chi connectivity index (χ0) is 21.7. The molecule has 1 aromatic heterocycles. The molecular formula is C25H25NO4. The Hall–Kier alpha value is -3.47. The van der Waals surface area contributed by atoms with E-state index in [2.05, 4.69) is 0 Å². The average molecular weight is 403 g/mol. The first kappa shape index (κ1) is 21.2. The Morgan fingerprint density at radius 1 is 0.700 bits per heavy atom. The first-order valence-corrected chi connectivity index (χ1v) is 9.98. The Kier molecular flexibility index (Phi) is 6.62. The summed E-state index contributed by atoms with van der Waals surface area (Å²) in [6, 6.07) is 17.0. The van der Waals surface area contributed by atoms with Crippen LogP contribution in [0, 0.1) is 13.8 Å². The Morgan fingerprint density at radius 3 is 1.40 bits per heavy atom. The minimum absolute atomic E-state index is 0.223. The Balaban J connectivity index is 2.29. The van der Waals surface area contributed by atoms with Crippen LogP contribution in [0.2, 0.25) is 0 Å². The molecule has 0 N–H and O–H groups in total. The predicted molar refractivity (Wildman–Crippen MR) is 116 cm³/mol. The molecule has 5 heteroatoms. The van der Waals surface area contributed by atoms with E-state index in [1.165, 1.54) is 6.07 Å². The predicted octanol–water partition coefficient (Wildman–Crippen LogP) is 5.39. The Labute approximate surface area is 176 Å². The fourth-order valence-electron chi connectivity index (χ4n) is 3.11. The number of aryl methyl sites for hydroxylation is 2. The number of benzene rings is 2. The summed E-state index contributed by atoms with van der Waals surface area (Å²) in [7, 11) is 0. The van der Waals surface area contributed by atoms with E-state index in [9.17, 15) is 9.59 Å². The molecule has 0 saturated carbocycles. The number of pyridine rings is 1. The molecule has 3 aromatic rings. The van der Waals surface area contributed by atoms with Crippen molar-refractivity contribution in [2.75, 3.05) is 13.2 Å². The van der Waals surface area contributed by atoms with E-state index in [4.69, 9.17) is 14.5 Å². The molecular weight excluding hydrogens is 378 g/mol. The van der Waals surface area contributed by atoms with Crippen LogP contribution in [0.15, 0.2) is 54.6 Å². The van der Waals surface area contributed by atoms with Gasteiger partial charge in [0.15, 0.2) is 0 Å². The third-order valence-corrected chi connectivity index (χ3v) is 4.66. The number of ether oxygens (including phenoxy) is 2. The summed E-state index contributed by atoms with van der Waals surface area (Å²) in [5.41, 5.74) is 5.14. The van der Waals surface area contributed by atoms with Crippen LogP contribution in [-0.2, 0) is 9.47 Å². The van der Waals surface area contributed by atoms with Gasteiger partial charge in [0.25, 0.3) is 0 Å². The second-order valence-corrected chi connectivity index (χ2v) is 6.95. The van der Waals surface area contributed by atoms with Crippen LogP contribution in [0.1, 0.15) is 45.7 Å². The Morgan fingerprint density at radius 2 is 1.07 bits per heavy atom. The van der Waals surface area contributed by atoms with Gasteiger partial charge in [-0.2, -0.15) is 0 Å². The maximum Gasteiger partial charge on any atom is 0.340 e. The molecule has 1 heterocycles. The van der Waals surface area contributed by atoms with E-state index in [0.717, 1.165) is 22.3 Å². The molecule has 0 bridgehead atoms. The van der Waals surface area contributed by atoms with Gasteiger partial charge in [0.2, 0.25) is 0 Å². The molecule has 0 fully saturated rings. The molecule has 0 atom stereocenters. The van der Waals surface area contributed by atoms with Gasteiger partial charge in [-0.25, -0.2) is 14.6 Å². The third kappa shape index (κ3) is 4.57. The maximum absolute atomic E-state index is 12.7. The number of aromatic nitrogens is 1. The molecule has 0 spiro atoms. The maximum atomic E-state index is 12.7. The van der Waals surface area contributed by atoms with E-state index in [0.29, 0.717) is 11.4 Å². The number of nitrogens with zero attached hydrogens (tertiary/aromatic N) is 1. The lowest BCUT2D eigenvalue weighted by atomic mass is 9.98. The molecule has 30 heavy (non-hydrogen) atoms. The second kappa shape index (κ2) is 9.35. The number of rotatable bonds is 6. The van der Waals surface area contributed by atoms with Crippen molar-refractivity contribution in [3.63, 3.8) is 0 Å². The molecule has 0 aliphatic carbocycles. The van der Waals surface area contributed by atoms with E-state index in [1.807, 2.05) is 62.4 Å². The van der Waals surface area contributed by atoms with Crippen LogP contribution >= 0.6 is 0 Å². The monoisotopic (exact) mass is 403 g/mol. The largest absolute Gasteiger partial charge is 0.462 e.